The van der Waals surface area contributed by atoms with Crippen molar-refractivity contribution in [3.63, 3.8) is 0 Å². The van der Waals surface area contributed by atoms with Crippen LogP contribution in [0.3, 0.4) is 0 Å². The first-order chi connectivity index (χ1) is 12.5. The van der Waals surface area contributed by atoms with Crippen LogP contribution in [0.2, 0.25) is 0 Å². The van der Waals surface area contributed by atoms with Gasteiger partial charge in [0.05, 0.1) is 18.1 Å². The minimum absolute atomic E-state index is 0.189. The normalized spacial score (nSPS) is 17.7. The molecule has 1 fully saturated rings. The average molecular weight is 377 g/mol. The molecule has 2 aromatic rings. The van der Waals surface area contributed by atoms with E-state index in [1.807, 2.05) is 30.3 Å². The molecule has 0 aromatic heterocycles. The van der Waals surface area contributed by atoms with Gasteiger partial charge in [-0.1, -0.05) is 44.2 Å². The van der Waals surface area contributed by atoms with E-state index in [4.69, 9.17) is 4.74 Å². The third kappa shape index (κ3) is 4.82. The lowest BCUT2D eigenvalue weighted by Gasteiger charge is -2.35. The topological polar surface area (TPSA) is 58.6 Å². The van der Waals surface area contributed by atoms with Gasteiger partial charge in [-0.15, -0.1) is 0 Å². The van der Waals surface area contributed by atoms with Crippen molar-refractivity contribution in [3.05, 3.63) is 42.5 Å². The summed E-state index contributed by atoms with van der Waals surface area (Å²) >= 11 is 0. The van der Waals surface area contributed by atoms with Crippen molar-refractivity contribution in [2.75, 3.05) is 32.8 Å². The second-order valence-electron chi connectivity index (χ2n) is 7.29. The molecule has 3 rings (SSSR count). The predicted octanol–water partition coefficient (Wildman–Crippen LogP) is 2.87. The third-order valence-corrected chi connectivity index (χ3v) is 6.27. The second-order valence-corrected chi connectivity index (χ2v) is 9.06. The number of nitrogens with one attached hydrogen (secondary N) is 1. The fraction of sp³-hybridized carbons (Fsp3) is 0.500. The van der Waals surface area contributed by atoms with Gasteiger partial charge in [-0.2, -0.15) is 0 Å². The number of ether oxygens (including phenoxy) is 1. The van der Waals surface area contributed by atoms with Crippen molar-refractivity contribution in [3.8, 4) is 0 Å². The van der Waals surface area contributed by atoms with E-state index in [0.717, 1.165) is 30.3 Å². The maximum Gasteiger partial charge on any atom is 0.240 e. The molecular weight excluding hydrogens is 348 g/mol. The Labute approximate surface area is 156 Å². The molecule has 5 nitrogen and oxygen atoms in total. The molecule has 0 bridgehead atoms. The minimum atomic E-state index is -3.53. The molecule has 6 heteroatoms. The van der Waals surface area contributed by atoms with Crippen LogP contribution in [0.15, 0.2) is 47.4 Å². The van der Waals surface area contributed by atoms with Gasteiger partial charge in [0.2, 0.25) is 10.0 Å². The summed E-state index contributed by atoms with van der Waals surface area (Å²) in [5, 5.41) is 1.97. The van der Waals surface area contributed by atoms with Gasteiger partial charge < -0.3 is 4.74 Å². The van der Waals surface area contributed by atoms with Gasteiger partial charge in [0.15, 0.2) is 0 Å². The second kappa shape index (κ2) is 8.48. The molecule has 2 aromatic carbocycles. The Balaban J connectivity index is 1.73. The molecule has 0 spiro atoms. The molecule has 0 aliphatic carbocycles. The molecule has 1 saturated heterocycles. The molecule has 1 atom stereocenters. The van der Waals surface area contributed by atoms with E-state index in [1.165, 1.54) is 0 Å². The number of rotatable bonds is 7. The van der Waals surface area contributed by atoms with E-state index < -0.39 is 10.0 Å². The van der Waals surface area contributed by atoms with E-state index in [2.05, 4.69) is 23.5 Å². The third-order valence-electron chi connectivity index (χ3n) is 4.85. The monoisotopic (exact) mass is 376 g/mol. The lowest BCUT2D eigenvalue weighted by Crippen LogP contribution is -2.49. The van der Waals surface area contributed by atoms with Crippen LogP contribution in [0.1, 0.15) is 20.3 Å². The van der Waals surface area contributed by atoms with Crippen LogP contribution >= 0.6 is 0 Å². The number of morpholine rings is 1. The fourth-order valence-corrected chi connectivity index (χ4v) is 4.58. The summed E-state index contributed by atoms with van der Waals surface area (Å²) in [7, 11) is -3.53. The number of hydrogen-bond acceptors (Lipinski definition) is 4. The van der Waals surface area contributed by atoms with Gasteiger partial charge in [-0.05, 0) is 35.2 Å². The summed E-state index contributed by atoms with van der Waals surface area (Å²) in [4.78, 5) is 2.66. The largest absolute Gasteiger partial charge is 0.379 e. The number of sulfonamides is 1. The standard InChI is InChI=1S/C20H28N2O3S/c1-16(2)13-19(22-9-11-25-12-10-22)15-21-26(23,24)20-8-7-17-5-3-4-6-18(17)14-20/h3-8,14,16,19,21H,9-13,15H2,1-2H3/t19-/m0/s1. The highest BCUT2D eigenvalue weighted by molar-refractivity contribution is 7.89. The van der Waals surface area contributed by atoms with Crippen LogP contribution in [0.4, 0.5) is 0 Å². The van der Waals surface area contributed by atoms with Crippen molar-refractivity contribution in [2.24, 2.45) is 5.92 Å². The lowest BCUT2D eigenvalue weighted by molar-refractivity contribution is 0.0134. The zero-order valence-corrected chi connectivity index (χ0v) is 16.3. The van der Waals surface area contributed by atoms with E-state index in [0.29, 0.717) is 30.6 Å². The average Bonchev–Trinajstić information content (AvgIpc) is 2.65. The van der Waals surface area contributed by atoms with Crippen molar-refractivity contribution in [1.82, 2.24) is 9.62 Å². The Morgan fingerprint density at radius 3 is 2.46 bits per heavy atom. The Morgan fingerprint density at radius 2 is 1.77 bits per heavy atom. The number of nitrogens with zero attached hydrogens (tertiary/aromatic N) is 1. The molecular formula is C20H28N2O3S. The summed E-state index contributed by atoms with van der Waals surface area (Å²) in [5.41, 5.74) is 0. The van der Waals surface area contributed by atoms with Gasteiger partial charge in [-0.25, -0.2) is 13.1 Å². The SMILES string of the molecule is CC(C)C[C@@H](CNS(=O)(=O)c1ccc2ccccc2c1)N1CCOCC1. The Kier molecular flexibility index (Phi) is 6.29. The molecule has 0 radical (unpaired) electrons. The number of hydrogen-bond donors (Lipinski definition) is 1. The molecule has 1 aliphatic rings. The van der Waals surface area contributed by atoms with Gasteiger partial charge in [0, 0.05) is 25.7 Å². The first-order valence-electron chi connectivity index (χ1n) is 9.26. The highest BCUT2D eigenvalue weighted by Crippen LogP contribution is 2.19. The van der Waals surface area contributed by atoms with Crippen molar-refractivity contribution >= 4 is 20.8 Å². The van der Waals surface area contributed by atoms with Crippen LogP contribution in [-0.4, -0.2) is 52.2 Å². The first-order valence-corrected chi connectivity index (χ1v) is 10.7. The maximum absolute atomic E-state index is 12.8. The summed E-state index contributed by atoms with van der Waals surface area (Å²) in [5.74, 6) is 0.507. The van der Waals surface area contributed by atoms with Gasteiger partial charge in [-0.3, -0.25) is 4.90 Å². The molecule has 0 amide bonds. The fourth-order valence-electron chi connectivity index (χ4n) is 3.47. The lowest BCUT2D eigenvalue weighted by atomic mass is 10.0. The van der Waals surface area contributed by atoms with E-state index >= 15 is 0 Å². The zero-order valence-electron chi connectivity index (χ0n) is 15.5. The van der Waals surface area contributed by atoms with Crippen molar-refractivity contribution in [2.45, 2.75) is 31.2 Å². The van der Waals surface area contributed by atoms with Crippen LogP contribution in [0.5, 0.6) is 0 Å². The molecule has 1 aliphatic heterocycles. The van der Waals surface area contributed by atoms with Crippen LogP contribution in [0.25, 0.3) is 10.8 Å². The van der Waals surface area contributed by atoms with Crippen LogP contribution in [0, 0.1) is 5.92 Å². The van der Waals surface area contributed by atoms with Gasteiger partial charge in [0.25, 0.3) is 0 Å². The maximum atomic E-state index is 12.8. The Hall–Kier alpha value is -1.47. The highest BCUT2D eigenvalue weighted by Gasteiger charge is 2.24. The summed E-state index contributed by atoms with van der Waals surface area (Å²) in [6.45, 7) is 7.91. The number of benzene rings is 2. The van der Waals surface area contributed by atoms with E-state index in [9.17, 15) is 8.42 Å². The summed E-state index contributed by atoms with van der Waals surface area (Å²) < 4.78 is 33.9. The molecule has 0 saturated carbocycles. The molecule has 1 heterocycles. The van der Waals surface area contributed by atoms with Gasteiger partial charge >= 0.3 is 0 Å². The van der Waals surface area contributed by atoms with Gasteiger partial charge in [0.1, 0.15) is 0 Å². The minimum Gasteiger partial charge on any atom is -0.379 e. The predicted molar refractivity (Wildman–Crippen MR) is 105 cm³/mol. The Bertz CT molecular complexity index is 830. The smallest absolute Gasteiger partial charge is 0.240 e. The molecule has 0 unspecified atom stereocenters. The zero-order chi connectivity index (χ0) is 18.6. The molecule has 1 N–H and O–H groups in total. The van der Waals surface area contributed by atoms with Crippen molar-refractivity contribution < 1.29 is 13.2 Å². The quantitative estimate of drug-likeness (QED) is 0.807. The molecule has 142 valence electrons. The summed E-state index contributed by atoms with van der Waals surface area (Å²) in [6.07, 6.45) is 0.959. The molecule has 26 heavy (non-hydrogen) atoms. The first kappa shape index (κ1) is 19.3. The van der Waals surface area contributed by atoms with Crippen LogP contribution in [-0.2, 0) is 14.8 Å². The van der Waals surface area contributed by atoms with Crippen molar-refractivity contribution in [1.29, 1.82) is 0 Å². The highest BCUT2D eigenvalue weighted by atomic mass is 32.2. The number of fused-ring (bicyclic) bond motifs is 1. The Morgan fingerprint density at radius 1 is 1.08 bits per heavy atom. The van der Waals surface area contributed by atoms with E-state index in [-0.39, 0.29) is 6.04 Å². The van der Waals surface area contributed by atoms with Crippen LogP contribution < -0.4 is 4.72 Å². The van der Waals surface area contributed by atoms with E-state index in [1.54, 1.807) is 12.1 Å². The summed E-state index contributed by atoms with van der Waals surface area (Å²) in [6, 6.07) is 13.3.